The predicted octanol–water partition coefficient (Wildman–Crippen LogP) is 4.64. The van der Waals surface area contributed by atoms with Gasteiger partial charge in [-0.1, -0.05) is 41.7 Å². The van der Waals surface area contributed by atoms with Crippen molar-refractivity contribution in [2.45, 2.75) is 18.4 Å². The molecule has 0 aliphatic carbocycles. The molecule has 37 heavy (non-hydrogen) atoms. The summed E-state index contributed by atoms with van der Waals surface area (Å²) in [4.78, 5) is 36.5. The third kappa shape index (κ3) is 4.32. The Labute approximate surface area is 222 Å². The highest BCUT2D eigenvalue weighted by atomic mass is 32.1. The zero-order valence-electron chi connectivity index (χ0n) is 20.0. The molecule has 0 saturated carbocycles. The Morgan fingerprint density at radius 3 is 2.65 bits per heavy atom. The summed E-state index contributed by atoms with van der Waals surface area (Å²) >= 11 is 2.99. The molecule has 0 bridgehead atoms. The number of anilines is 4. The first-order valence-corrected chi connectivity index (χ1v) is 13.8. The fourth-order valence-electron chi connectivity index (χ4n) is 5.06. The van der Waals surface area contributed by atoms with Crippen LogP contribution in [0.1, 0.15) is 22.5 Å². The predicted molar refractivity (Wildman–Crippen MR) is 150 cm³/mol. The second kappa shape index (κ2) is 9.53. The number of nitrogen functional groups attached to an aromatic ring is 1. The van der Waals surface area contributed by atoms with Gasteiger partial charge < -0.3 is 26.2 Å². The number of para-hydroxylation sites is 1. The molecule has 0 unspecified atom stereocenters. The molecular formula is C27H26N6O2S2. The lowest BCUT2D eigenvalue weighted by atomic mass is 9.86. The molecule has 2 saturated heterocycles. The highest BCUT2D eigenvalue weighted by molar-refractivity contribution is 7.17. The third-order valence-electron chi connectivity index (χ3n) is 7.09. The van der Waals surface area contributed by atoms with Crippen LogP contribution in [0.5, 0.6) is 0 Å². The van der Waals surface area contributed by atoms with E-state index < -0.39 is 5.54 Å². The van der Waals surface area contributed by atoms with Crippen LogP contribution >= 0.6 is 22.7 Å². The second-order valence-electron chi connectivity index (χ2n) is 9.19. The molecule has 8 nitrogen and oxygen atoms in total. The summed E-state index contributed by atoms with van der Waals surface area (Å²) < 4.78 is 0. The van der Waals surface area contributed by atoms with Gasteiger partial charge in [0.1, 0.15) is 10.4 Å². The van der Waals surface area contributed by atoms with Crippen molar-refractivity contribution in [3.05, 3.63) is 77.1 Å². The summed E-state index contributed by atoms with van der Waals surface area (Å²) in [5.41, 5.74) is 8.74. The molecular weight excluding hydrogens is 504 g/mol. The summed E-state index contributed by atoms with van der Waals surface area (Å²) in [5, 5.41) is 8.78. The Hall–Kier alpha value is -3.89. The number of aromatic nitrogens is 1. The summed E-state index contributed by atoms with van der Waals surface area (Å²) in [5.74, 6) is -0.157. The number of thiophene rings is 1. The van der Waals surface area contributed by atoms with Crippen LogP contribution in [0.4, 0.5) is 22.2 Å². The number of thiazole rings is 1. The van der Waals surface area contributed by atoms with Gasteiger partial charge in [-0.05, 0) is 54.1 Å². The molecule has 0 atom stereocenters. The van der Waals surface area contributed by atoms with Crippen LogP contribution in [-0.2, 0) is 4.79 Å². The van der Waals surface area contributed by atoms with Crippen LogP contribution in [-0.4, -0.2) is 42.1 Å². The van der Waals surface area contributed by atoms with Crippen molar-refractivity contribution < 1.29 is 9.59 Å². The van der Waals surface area contributed by atoms with Crippen molar-refractivity contribution in [1.29, 1.82) is 0 Å². The van der Waals surface area contributed by atoms with E-state index in [1.807, 2.05) is 66.0 Å². The van der Waals surface area contributed by atoms with E-state index in [0.29, 0.717) is 48.9 Å². The van der Waals surface area contributed by atoms with E-state index in [9.17, 15) is 9.59 Å². The molecule has 2 fully saturated rings. The van der Waals surface area contributed by atoms with Crippen LogP contribution in [0.3, 0.4) is 0 Å². The summed E-state index contributed by atoms with van der Waals surface area (Å²) in [6.45, 7) is 1.88. The number of rotatable bonds is 5. The van der Waals surface area contributed by atoms with Gasteiger partial charge in [0.15, 0.2) is 5.13 Å². The van der Waals surface area contributed by atoms with Crippen molar-refractivity contribution in [3.63, 3.8) is 0 Å². The van der Waals surface area contributed by atoms with Crippen molar-refractivity contribution in [2.24, 2.45) is 0 Å². The minimum Gasteiger partial charge on any atom is -0.397 e. The molecule has 2 aromatic carbocycles. The van der Waals surface area contributed by atoms with Gasteiger partial charge in [-0.3, -0.25) is 9.59 Å². The normalized spacial score (nSPS) is 16.7. The van der Waals surface area contributed by atoms with E-state index in [2.05, 4.69) is 25.4 Å². The lowest BCUT2D eigenvalue weighted by Crippen LogP contribution is -2.56. The lowest BCUT2D eigenvalue weighted by molar-refractivity contribution is -0.124. The monoisotopic (exact) mass is 530 g/mol. The number of nitrogens with one attached hydrogen (secondary N) is 2. The minimum absolute atomic E-state index is 0.0811. The third-order valence-corrected chi connectivity index (χ3v) is 9.07. The number of carbonyl (C=O) groups excluding carboxylic acids is 2. The zero-order valence-corrected chi connectivity index (χ0v) is 21.6. The topological polar surface area (TPSA) is 104 Å². The zero-order chi connectivity index (χ0) is 25.4. The highest BCUT2D eigenvalue weighted by Crippen LogP contribution is 2.38. The first-order valence-electron chi connectivity index (χ1n) is 12.1. The maximum Gasteiger partial charge on any atom is 0.267 e. The summed E-state index contributed by atoms with van der Waals surface area (Å²) in [6, 6.07) is 19.8. The number of piperidine rings is 1. The summed E-state index contributed by atoms with van der Waals surface area (Å²) in [7, 11) is 0. The Balaban J connectivity index is 1.14. The molecule has 2 aliphatic heterocycles. The fraction of sp³-hybridized carbons (Fsp3) is 0.222. The largest absolute Gasteiger partial charge is 0.397 e. The molecule has 1 spiro atoms. The van der Waals surface area contributed by atoms with Gasteiger partial charge >= 0.3 is 0 Å². The van der Waals surface area contributed by atoms with Crippen molar-refractivity contribution in [2.75, 3.05) is 40.6 Å². The van der Waals surface area contributed by atoms with Crippen molar-refractivity contribution in [1.82, 2.24) is 10.3 Å². The molecule has 2 aliphatic rings. The van der Waals surface area contributed by atoms with E-state index in [0.717, 1.165) is 21.3 Å². The number of hydrogen-bond donors (Lipinski definition) is 3. The Morgan fingerprint density at radius 2 is 1.89 bits per heavy atom. The minimum atomic E-state index is -0.555. The van der Waals surface area contributed by atoms with Crippen LogP contribution in [0.15, 0.2) is 72.2 Å². The van der Waals surface area contributed by atoms with E-state index in [1.54, 1.807) is 17.5 Å². The molecule has 2 aromatic heterocycles. The molecule has 4 N–H and O–H groups in total. The van der Waals surface area contributed by atoms with Gasteiger partial charge in [0.25, 0.3) is 5.91 Å². The SMILES string of the molecule is Nc1ccc(-c2cccs2)cc1NC(=O)c1cnc(N2CCC3(CC2)C(=O)NCN3c2ccccc2)s1. The van der Waals surface area contributed by atoms with E-state index in [4.69, 9.17) is 5.73 Å². The number of amides is 2. The van der Waals surface area contributed by atoms with Gasteiger partial charge in [0, 0.05) is 23.7 Å². The van der Waals surface area contributed by atoms with E-state index in [-0.39, 0.29) is 11.8 Å². The maximum absolute atomic E-state index is 13.0. The van der Waals surface area contributed by atoms with Gasteiger partial charge in [-0.25, -0.2) is 4.98 Å². The Kier molecular flexibility index (Phi) is 6.05. The highest BCUT2D eigenvalue weighted by Gasteiger charge is 2.50. The van der Waals surface area contributed by atoms with E-state index in [1.165, 1.54) is 11.3 Å². The molecule has 10 heteroatoms. The van der Waals surface area contributed by atoms with E-state index >= 15 is 0 Å². The first-order chi connectivity index (χ1) is 18.0. The average Bonchev–Trinajstić information content (AvgIpc) is 3.69. The van der Waals surface area contributed by atoms with Crippen molar-refractivity contribution >= 4 is 56.7 Å². The van der Waals surface area contributed by atoms with Crippen LogP contribution in [0.2, 0.25) is 0 Å². The molecule has 6 rings (SSSR count). The van der Waals surface area contributed by atoms with Crippen LogP contribution in [0.25, 0.3) is 10.4 Å². The number of hydrogen-bond acceptors (Lipinski definition) is 8. The van der Waals surface area contributed by atoms with Crippen molar-refractivity contribution in [3.8, 4) is 10.4 Å². The Bertz CT molecular complexity index is 1430. The van der Waals surface area contributed by atoms with Crippen LogP contribution in [0, 0.1) is 0 Å². The molecule has 0 radical (unpaired) electrons. The number of benzene rings is 2. The van der Waals surface area contributed by atoms with Gasteiger partial charge in [-0.2, -0.15) is 0 Å². The summed E-state index contributed by atoms with van der Waals surface area (Å²) in [6.07, 6.45) is 2.97. The quantitative estimate of drug-likeness (QED) is 0.325. The number of nitrogens with two attached hydrogens (primary N) is 1. The molecule has 188 valence electrons. The van der Waals surface area contributed by atoms with Gasteiger partial charge in [0.05, 0.1) is 24.2 Å². The van der Waals surface area contributed by atoms with Gasteiger partial charge in [0.2, 0.25) is 5.91 Å². The molecule has 4 heterocycles. The van der Waals surface area contributed by atoms with Gasteiger partial charge in [-0.15, -0.1) is 11.3 Å². The fourth-order valence-corrected chi connectivity index (χ4v) is 6.65. The lowest BCUT2D eigenvalue weighted by Gasteiger charge is -2.43. The second-order valence-corrected chi connectivity index (χ2v) is 11.1. The Morgan fingerprint density at radius 1 is 1.08 bits per heavy atom. The standard InChI is InChI=1S/C27H26N6O2S2/c28-20-9-8-18(22-7-4-14-36-22)15-21(20)31-24(34)23-16-29-26(37-23)32-12-10-27(11-13-32)25(35)30-17-33(27)19-5-2-1-3-6-19/h1-9,14-16H,10-13,17,28H2,(H,30,35)(H,31,34). The number of nitrogens with zero attached hydrogens (tertiary/aromatic N) is 3. The smallest absolute Gasteiger partial charge is 0.267 e. The average molecular weight is 531 g/mol. The maximum atomic E-state index is 13.0. The van der Waals surface area contributed by atoms with Crippen LogP contribution < -0.4 is 26.2 Å². The molecule has 4 aromatic rings. The number of carbonyl (C=O) groups is 2. The first kappa shape index (κ1) is 23.5. The molecule has 2 amide bonds.